The van der Waals surface area contributed by atoms with Gasteiger partial charge in [0.2, 0.25) is 0 Å². The Labute approximate surface area is 95.5 Å². The molecular weight excluding hydrogens is 196 g/mol. The van der Waals surface area contributed by atoms with E-state index < -0.39 is 8.07 Å². The fraction of sp³-hybridized carbons (Fsp3) is 0.714. The zero-order valence-corrected chi connectivity index (χ0v) is 11.5. The van der Waals surface area contributed by atoms with Crippen LogP contribution in [0.5, 0.6) is 0 Å². The second-order valence-corrected chi connectivity index (χ2v) is 11.4. The summed E-state index contributed by atoms with van der Waals surface area (Å²) in [6.07, 6.45) is 9.52. The van der Waals surface area contributed by atoms with Crippen LogP contribution in [0.3, 0.4) is 0 Å². The summed E-state index contributed by atoms with van der Waals surface area (Å²) >= 11 is 0. The lowest BCUT2D eigenvalue weighted by molar-refractivity contribution is 0.679. The zero-order chi connectivity index (χ0) is 10.9. The first-order valence-electron chi connectivity index (χ1n) is 6.51. The van der Waals surface area contributed by atoms with Gasteiger partial charge in [0.05, 0.1) is 8.07 Å². The molecule has 0 saturated heterocycles. The van der Waals surface area contributed by atoms with Gasteiger partial charge in [0.25, 0.3) is 0 Å². The SMILES string of the molecule is CC[Si](C)(C)CC1=CC2=C(CCCC2)C1. The van der Waals surface area contributed by atoms with Crippen LogP contribution in [0.2, 0.25) is 25.2 Å². The number of hydrogen-bond donors (Lipinski definition) is 0. The largest absolute Gasteiger partial charge is 0.0691 e. The van der Waals surface area contributed by atoms with Crippen molar-refractivity contribution >= 4 is 8.07 Å². The molecule has 0 amide bonds. The summed E-state index contributed by atoms with van der Waals surface area (Å²) in [6.45, 7) is 7.44. The van der Waals surface area contributed by atoms with Gasteiger partial charge in [-0.15, -0.1) is 0 Å². The van der Waals surface area contributed by atoms with Crippen molar-refractivity contribution in [3.8, 4) is 0 Å². The molecule has 84 valence electrons. The molecule has 0 aliphatic heterocycles. The highest BCUT2D eigenvalue weighted by Crippen LogP contribution is 2.39. The molecule has 0 fully saturated rings. The third kappa shape index (κ3) is 2.63. The van der Waals surface area contributed by atoms with E-state index in [9.17, 15) is 0 Å². The Hall–Kier alpha value is -0.303. The second-order valence-electron chi connectivity index (χ2n) is 6.01. The molecule has 0 atom stereocenters. The van der Waals surface area contributed by atoms with E-state index in [0.29, 0.717) is 0 Å². The molecule has 0 nitrogen and oxygen atoms in total. The first kappa shape index (κ1) is 11.2. The molecule has 0 spiro atoms. The van der Waals surface area contributed by atoms with Crippen molar-refractivity contribution < 1.29 is 0 Å². The fourth-order valence-corrected chi connectivity index (χ4v) is 4.50. The van der Waals surface area contributed by atoms with Crippen LogP contribution in [0.4, 0.5) is 0 Å². The molecule has 0 aromatic heterocycles. The Kier molecular flexibility index (Phi) is 3.20. The van der Waals surface area contributed by atoms with E-state index in [0.717, 1.165) is 0 Å². The average molecular weight is 220 g/mol. The highest BCUT2D eigenvalue weighted by molar-refractivity contribution is 6.77. The van der Waals surface area contributed by atoms with Gasteiger partial charge < -0.3 is 0 Å². The van der Waals surface area contributed by atoms with E-state index in [2.05, 4.69) is 26.1 Å². The molecule has 0 aromatic carbocycles. The standard InChI is InChI=1S/C14H24Si/c1-4-15(2,3)11-12-9-13-7-5-6-8-14(13)10-12/h9H,4-8,10-11H2,1-3H3. The maximum atomic E-state index is 2.55. The summed E-state index contributed by atoms with van der Waals surface area (Å²) in [4.78, 5) is 0. The van der Waals surface area contributed by atoms with Gasteiger partial charge in [0.15, 0.2) is 0 Å². The van der Waals surface area contributed by atoms with Gasteiger partial charge in [-0.2, -0.15) is 0 Å². The first-order chi connectivity index (χ1) is 7.11. The summed E-state index contributed by atoms with van der Waals surface area (Å²) in [5, 5.41) is 0. The molecule has 0 N–H and O–H groups in total. The monoisotopic (exact) mass is 220 g/mol. The molecule has 0 saturated carbocycles. The fourth-order valence-electron chi connectivity index (χ4n) is 2.79. The van der Waals surface area contributed by atoms with Crippen molar-refractivity contribution in [1.29, 1.82) is 0 Å². The molecule has 2 aliphatic rings. The van der Waals surface area contributed by atoms with Crippen LogP contribution in [0, 0.1) is 0 Å². The summed E-state index contributed by atoms with van der Waals surface area (Å²) in [6, 6.07) is 2.87. The van der Waals surface area contributed by atoms with E-state index in [1.807, 2.05) is 0 Å². The van der Waals surface area contributed by atoms with Crippen LogP contribution in [0.25, 0.3) is 0 Å². The van der Waals surface area contributed by atoms with Crippen LogP contribution >= 0.6 is 0 Å². The maximum absolute atomic E-state index is 2.55. The average Bonchev–Trinajstić information content (AvgIpc) is 2.58. The lowest BCUT2D eigenvalue weighted by Gasteiger charge is -2.21. The van der Waals surface area contributed by atoms with Gasteiger partial charge >= 0.3 is 0 Å². The third-order valence-corrected chi connectivity index (χ3v) is 7.44. The molecule has 0 aromatic rings. The van der Waals surface area contributed by atoms with E-state index in [1.165, 1.54) is 44.2 Å². The lowest BCUT2D eigenvalue weighted by Crippen LogP contribution is -2.23. The second kappa shape index (κ2) is 4.29. The Morgan fingerprint density at radius 1 is 1.20 bits per heavy atom. The molecule has 0 heterocycles. The van der Waals surface area contributed by atoms with Gasteiger partial charge in [0.1, 0.15) is 0 Å². The van der Waals surface area contributed by atoms with Crippen LogP contribution in [-0.2, 0) is 0 Å². The van der Waals surface area contributed by atoms with Gasteiger partial charge in [-0.1, -0.05) is 43.3 Å². The maximum Gasteiger partial charge on any atom is 0.0511 e. The molecule has 0 radical (unpaired) electrons. The molecule has 0 unspecified atom stereocenters. The van der Waals surface area contributed by atoms with E-state index in [1.54, 1.807) is 16.7 Å². The highest BCUT2D eigenvalue weighted by atomic mass is 28.3. The summed E-state index contributed by atoms with van der Waals surface area (Å²) in [7, 11) is -0.902. The minimum Gasteiger partial charge on any atom is -0.0691 e. The van der Waals surface area contributed by atoms with Gasteiger partial charge in [0, 0.05) is 0 Å². The summed E-state index contributed by atoms with van der Waals surface area (Å²) in [5.74, 6) is 0. The highest BCUT2D eigenvalue weighted by Gasteiger charge is 2.24. The Bertz CT molecular complexity index is 307. The Balaban J connectivity index is 1.99. The minimum atomic E-state index is -0.902. The predicted molar refractivity (Wildman–Crippen MR) is 71.0 cm³/mol. The van der Waals surface area contributed by atoms with E-state index in [-0.39, 0.29) is 0 Å². The summed E-state index contributed by atoms with van der Waals surface area (Å²) in [5.41, 5.74) is 5.27. The Morgan fingerprint density at radius 2 is 1.93 bits per heavy atom. The van der Waals surface area contributed by atoms with E-state index in [4.69, 9.17) is 0 Å². The number of hydrogen-bond acceptors (Lipinski definition) is 0. The first-order valence-corrected chi connectivity index (χ1v) is 9.92. The third-order valence-electron chi connectivity index (χ3n) is 4.11. The lowest BCUT2D eigenvalue weighted by atomic mass is 9.94. The Morgan fingerprint density at radius 3 is 2.60 bits per heavy atom. The van der Waals surface area contributed by atoms with Gasteiger partial charge in [-0.25, -0.2) is 0 Å². The van der Waals surface area contributed by atoms with Crippen molar-refractivity contribution in [3.63, 3.8) is 0 Å². The molecule has 2 aliphatic carbocycles. The topological polar surface area (TPSA) is 0 Å². The quantitative estimate of drug-likeness (QED) is 0.593. The van der Waals surface area contributed by atoms with Crippen LogP contribution < -0.4 is 0 Å². The van der Waals surface area contributed by atoms with Gasteiger partial charge in [-0.05, 0) is 43.7 Å². The normalized spacial score (nSPS) is 21.7. The van der Waals surface area contributed by atoms with Crippen molar-refractivity contribution in [3.05, 3.63) is 22.8 Å². The number of allylic oxidation sites excluding steroid dienone is 4. The minimum absolute atomic E-state index is 0.902. The molecular formula is C14H24Si. The molecule has 15 heavy (non-hydrogen) atoms. The van der Waals surface area contributed by atoms with Crippen molar-refractivity contribution in [2.24, 2.45) is 0 Å². The smallest absolute Gasteiger partial charge is 0.0511 e. The number of rotatable bonds is 3. The van der Waals surface area contributed by atoms with E-state index >= 15 is 0 Å². The molecule has 2 rings (SSSR count). The van der Waals surface area contributed by atoms with Gasteiger partial charge in [-0.3, -0.25) is 0 Å². The van der Waals surface area contributed by atoms with Crippen LogP contribution in [0.15, 0.2) is 22.8 Å². The van der Waals surface area contributed by atoms with Crippen molar-refractivity contribution in [1.82, 2.24) is 0 Å². The molecule has 1 heteroatoms. The van der Waals surface area contributed by atoms with Crippen LogP contribution in [-0.4, -0.2) is 8.07 Å². The van der Waals surface area contributed by atoms with Crippen molar-refractivity contribution in [2.45, 2.75) is 64.2 Å². The molecule has 0 bridgehead atoms. The van der Waals surface area contributed by atoms with Crippen molar-refractivity contribution in [2.75, 3.05) is 0 Å². The van der Waals surface area contributed by atoms with Crippen LogP contribution in [0.1, 0.15) is 39.0 Å². The predicted octanol–water partition coefficient (Wildman–Crippen LogP) is 4.92. The summed E-state index contributed by atoms with van der Waals surface area (Å²) < 4.78 is 0. The zero-order valence-electron chi connectivity index (χ0n) is 10.5.